The maximum absolute atomic E-state index is 13.2. The topological polar surface area (TPSA) is 69.9 Å². The van der Waals surface area contributed by atoms with Gasteiger partial charge in [0.1, 0.15) is 0 Å². The van der Waals surface area contributed by atoms with Crippen LogP contribution in [0.2, 0.25) is 0 Å². The summed E-state index contributed by atoms with van der Waals surface area (Å²) >= 11 is 1.28. The first kappa shape index (κ1) is 24.2. The van der Waals surface area contributed by atoms with E-state index in [1.165, 1.54) is 11.3 Å². The largest absolute Gasteiger partial charge is 0.465 e. The Balaban J connectivity index is 2.10. The number of nitrogens with zero attached hydrogens (tertiary/aromatic N) is 2. The molecule has 1 atom stereocenters. The van der Waals surface area contributed by atoms with E-state index in [0.29, 0.717) is 24.0 Å². The molecule has 1 amide bonds. The van der Waals surface area contributed by atoms with E-state index in [1.54, 1.807) is 4.57 Å². The lowest BCUT2D eigenvalue weighted by Crippen LogP contribution is -2.24. The summed E-state index contributed by atoms with van der Waals surface area (Å²) in [5.41, 5.74) is -1.99. The highest BCUT2D eigenvalue weighted by Gasteiger charge is 2.33. The predicted octanol–water partition coefficient (Wildman–Crippen LogP) is 4.57. The van der Waals surface area contributed by atoms with Crippen molar-refractivity contribution in [1.29, 1.82) is 0 Å². The number of thiazole rings is 1. The molecule has 1 fully saturated rings. The molecule has 1 aliphatic heterocycles. The minimum absolute atomic E-state index is 0.0225. The molecular formula is C22H25F3N2O4S. The minimum Gasteiger partial charge on any atom is -0.465 e. The van der Waals surface area contributed by atoms with E-state index in [-0.39, 0.29) is 17.1 Å². The molecule has 0 radical (unpaired) electrons. The average Bonchev–Trinajstić information content (AvgIpc) is 3.36. The Morgan fingerprint density at radius 2 is 1.97 bits per heavy atom. The molecule has 32 heavy (non-hydrogen) atoms. The van der Waals surface area contributed by atoms with E-state index in [9.17, 15) is 22.8 Å². The number of carbonyl (C=O) groups is 2. The smallest absolute Gasteiger partial charge is 0.416 e. The molecule has 174 valence electrons. The summed E-state index contributed by atoms with van der Waals surface area (Å²) in [6.07, 6.45) is -0.982. The number of methoxy groups -OCH3 is 1. The number of ether oxygens (including phenoxy) is 2. The van der Waals surface area contributed by atoms with Gasteiger partial charge in [0.25, 0.3) is 5.91 Å². The number of hydrogen-bond acceptors (Lipinski definition) is 5. The van der Waals surface area contributed by atoms with Crippen molar-refractivity contribution in [3.8, 4) is 0 Å². The molecule has 1 aliphatic rings. The quantitative estimate of drug-likeness (QED) is 0.614. The van der Waals surface area contributed by atoms with Gasteiger partial charge in [-0.2, -0.15) is 18.2 Å². The molecule has 2 aromatic rings. The van der Waals surface area contributed by atoms with Gasteiger partial charge in [0, 0.05) is 17.7 Å². The summed E-state index contributed by atoms with van der Waals surface area (Å²) in [5.74, 6) is -1.86. The number of halogens is 3. The molecule has 1 aromatic carbocycles. The SMILES string of the molecule is COC(=O)c1ccc(C(F)(F)F)cc1C(=O)N=c1sc(C(C)(C)C)cn1C[C@H]1CCCO1. The lowest BCUT2D eigenvalue weighted by Gasteiger charge is -2.15. The van der Waals surface area contributed by atoms with Crippen LogP contribution >= 0.6 is 11.3 Å². The lowest BCUT2D eigenvalue weighted by atomic mass is 9.95. The second-order valence-corrected chi connectivity index (χ2v) is 9.59. The van der Waals surface area contributed by atoms with Crippen molar-refractivity contribution in [1.82, 2.24) is 4.57 Å². The number of alkyl halides is 3. The van der Waals surface area contributed by atoms with Gasteiger partial charge in [-0.3, -0.25) is 4.79 Å². The van der Waals surface area contributed by atoms with Crippen molar-refractivity contribution in [3.63, 3.8) is 0 Å². The van der Waals surface area contributed by atoms with Crippen molar-refractivity contribution in [2.45, 2.75) is 57.9 Å². The van der Waals surface area contributed by atoms with Gasteiger partial charge in [-0.05, 0) is 36.5 Å². The fraction of sp³-hybridized carbons (Fsp3) is 0.500. The number of hydrogen-bond donors (Lipinski definition) is 0. The molecule has 0 bridgehead atoms. The number of benzene rings is 1. The van der Waals surface area contributed by atoms with Crippen LogP contribution in [0.3, 0.4) is 0 Å². The molecule has 0 saturated carbocycles. The third kappa shape index (κ3) is 5.47. The monoisotopic (exact) mass is 470 g/mol. The Labute approximate surface area is 187 Å². The summed E-state index contributed by atoms with van der Waals surface area (Å²) in [5, 5.41) is 0. The number of aromatic nitrogens is 1. The van der Waals surface area contributed by atoms with Crippen LogP contribution in [0.15, 0.2) is 29.4 Å². The van der Waals surface area contributed by atoms with Crippen molar-refractivity contribution in [3.05, 3.63) is 50.8 Å². The van der Waals surface area contributed by atoms with E-state index in [2.05, 4.69) is 9.73 Å². The number of carbonyl (C=O) groups excluding carboxylic acids is 2. The molecule has 1 aromatic heterocycles. The van der Waals surface area contributed by atoms with Crippen molar-refractivity contribution < 1.29 is 32.2 Å². The molecule has 0 unspecified atom stereocenters. The van der Waals surface area contributed by atoms with E-state index in [0.717, 1.165) is 37.0 Å². The first-order valence-electron chi connectivity index (χ1n) is 10.1. The molecule has 1 saturated heterocycles. The summed E-state index contributed by atoms with van der Waals surface area (Å²) in [4.78, 5) is 30.5. The van der Waals surface area contributed by atoms with E-state index in [1.807, 2.05) is 27.0 Å². The van der Waals surface area contributed by atoms with Gasteiger partial charge in [-0.15, -0.1) is 11.3 Å². The van der Waals surface area contributed by atoms with Gasteiger partial charge in [0.05, 0.1) is 36.4 Å². The maximum atomic E-state index is 13.2. The fourth-order valence-corrected chi connectivity index (χ4v) is 4.34. The molecule has 10 heteroatoms. The van der Waals surface area contributed by atoms with Gasteiger partial charge in [-0.25, -0.2) is 4.79 Å². The summed E-state index contributed by atoms with van der Waals surface area (Å²) < 4.78 is 51.8. The lowest BCUT2D eigenvalue weighted by molar-refractivity contribution is -0.137. The Morgan fingerprint density at radius 3 is 2.53 bits per heavy atom. The van der Waals surface area contributed by atoms with Crippen LogP contribution in [-0.2, 0) is 27.6 Å². The van der Waals surface area contributed by atoms with Crippen molar-refractivity contribution >= 4 is 23.2 Å². The Bertz CT molecular complexity index is 1070. The second kappa shape index (κ2) is 9.19. The van der Waals surface area contributed by atoms with E-state index in [4.69, 9.17) is 4.74 Å². The highest BCUT2D eigenvalue weighted by Crippen LogP contribution is 2.31. The number of amides is 1. The highest BCUT2D eigenvalue weighted by atomic mass is 32.1. The summed E-state index contributed by atoms with van der Waals surface area (Å²) in [6, 6.07) is 2.32. The summed E-state index contributed by atoms with van der Waals surface area (Å²) in [6.45, 7) is 7.19. The number of esters is 1. The standard InChI is InChI=1S/C22H25F3N2O4S/c1-21(2,3)17-12-27(11-14-6-5-9-31-14)20(32-17)26-18(28)16-10-13(22(23,24)25)7-8-15(16)19(29)30-4/h7-8,10,12,14H,5-6,9,11H2,1-4H3/t14-/m1/s1. The molecular weight excluding hydrogens is 445 g/mol. The van der Waals surface area contributed by atoms with Gasteiger partial charge >= 0.3 is 12.1 Å². The Morgan fingerprint density at radius 1 is 1.25 bits per heavy atom. The highest BCUT2D eigenvalue weighted by molar-refractivity contribution is 7.09. The first-order valence-corrected chi connectivity index (χ1v) is 10.9. The molecule has 0 spiro atoms. The van der Waals surface area contributed by atoms with Gasteiger partial charge in [-0.1, -0.05) is 20.8 Å². The van der Waals surface area contributed by atoms with Gasteiger partial charge in [0.15, 0.2) is 4.80 Å². The Hall–Kier alpha value is -2.46. The van der Waals surface area contributed by atoms with Crippen LogP contribution < -0.4 is 4.80 Å². The second-order valence-electron chi connectivity index (χ2n) is 8.58. The minimum atomic E-state index is -4.67. The molecule has 3 rings (SSSR count). The predicted molar refractivity (Wildman–Crippen MR) is 113 cm³/mol. The van der Waals surface area contributed by atoms with E-state index >= 15 is 0 Å². The zero-order valence-electron chi connectivity index (χ0n) is 18.3. The van der Waals surface area contributed by atoms with Gasteiger partial charge in [0.2, 0.25) is 0 Å². The first-order chi connectivity index (χ1) is 14.9. The van der Waals surface area contributed by atoms with Crippen LogP contribution in [0.1, 0.15) is 64.8 Å². The zero-order valence-corrected chi connectivity index (χ0v) is 19.1. The zero-order chi connectivity index (χ0) is 23.7. The van der Waals surface area contributed by atoms with Crippen LogP contribution in [0.25, 0.3) is 0 Å². The summed E-state index contributed by atoms with van der Waals surface area (Å²) in [7, 11) is 1.09. The third-order valence-electron chi connectivity index (χ3n) is 5.06. The van der Waals surface area contributed by atoms with Crippen LogP contribution in [0, 0.1) is 0 Å². The van der Waals surface area contributed by atoms with Gasteiger partial charge < -0.3 is 14.0 Å². The molecule has 2 heterocycles. The number of rotatable bonds is 4. The van der Waals surface area contributed by atoms with Crippen molar-refractivity contribution in [2.24, 2.45) is 4.99 Å². The average molecular weight is 471 g/mol. The fourth-order valence-electron chi connectivity index (χ4n) is 3.28. The Kier molecular flexibility index (Phi) is 6.94. The molecule has 0 N–H and O–H groups in total. The van der Waals surface area contributed by atoms with Crippen LogP contribution in [-0.4, -0.2) is 36.3 Å². The van der Waals surface area contributed by atoms with Crippen LogP contribution in [0.4, 0.5) is 13.2 Å². The molecule has 6 nitrogen and oxygen atoms in total. The van der Waals surface area contributed by atoms with Crippen LogP contribution in [0.5, 0.6) is 0 Å². The normalized spacial score (nSPS) is 17.6. The maximum Gasteiger partial charge on any atom is 0.416 e. The third-order valence-corrected chi connectivity index (χ3v) is 6.51. The van der Waals surface area contributed by atoms with E-state index < -0.39 is 29.2 Å². The van der Waals surface area contributed by atoms with Crippen molar-refractivity contribution in [2.75, 3.05) is 13.7 Å². The molecule has 0 aliphatic carbocycles.